The fraction of sp³-hybridized carbons (Fsp3) is 0.667. The Morgan fingerprint density at radius 2 is 1.80 bits per heavy atom. The Kier molecular flexibility index (Phi) is 4.54. The molecule has 3 N–H and O–H groups in total. The molecule has 0 amide bonds. The highest BCUT2D eigenvalue weighted by molar-refractivity contribution is 5.66. The van der Waals surface area contributed by atoms with Crippen LogP contribution in [0.1, 0.15) is 47.5 Å². The average molecular weight is 284 g/mol. The molecule has 0 aliphatic heterocycles. The molecule has 5 heteroatoms. The molecule has 1 fully saturated rings. The van der Waals surface area contributed by atoms with Crippen molar-refractivity contribution in [3.05, 3.63) is 23.2 Å². The monoisotopic (exact) mass is 284 g/mol. The van der Waals surface area contributed by atoms with Crippen molar-refractivity contribution in [2.45, 2.75) is 59.2 Å². The van der Waals surface area contributed by atoms with E-state index >= 15 is 0 Å². The molecule has 2 atom stereocenters. The normalized spacial score (nSPS) is 32.7. The summed E-state index contributed by atoms with van der Waals surface area (Å²) >= 11 is 0. The highest BCUT2D eigenvalue weighted by Gasteiger charge is 2.47. The van der Waals surface area contributed by atoms with Crippen molar-refractivity contribution in [3.8, 4) is 0 Å². The highest BCUT2D eigenvalue weighted by Crippen LogP contribution is 2.48. The summed E-state index contributed by atoms with van der Waals surface area (Å²) in [7, 11) is 0. The average Bonchev–Trinajstić information content (AvgIpc) is 2.08. The maximum absolute atomic E-state index is 11.1. The second-order valence-corrected chi connectivity index (χ2v) is 6.34. The van der Waals surface area contributed by atoms with Gasteiger partial charge >= 0.3 is 5.97 Å². The van der Waals surface area contributed by atoms with Crippen LogP contribution in [0.25, 0.3) is 0 Å². The van der Waals surface area contributed by atoms with Crippen LogP contribution < -0.4 is 0 Å². The molecule has 0 saturated heterocycles. The predicted octanol–water partition coefficient (Wildman–Crippen LogP) is 2.76. The van der Waals surface area contributed by atoms with Crippen molar-refractivity contribution in [2.24, 2.45) is 5.41 Å². The Bertz CT molecular complexity index is 433. The van der Waals surface area contributed by atoms with Crippen LogP contribution in [0.3, 0.4) is 0 Å². The third kappa shape index (κ3) is 3.76. The lowest BCUT2D eigenvalue weighted by Gasteiger charge is -2.45. The van der Waals surface area contributed by atoms with E-state index in [9.17, 15) is 20.1 Å². The van der Waals surface area contributed by atoms with Crippen LogP contribution in [0.2, 0.25) is 0 Å². The van der Waals surface area contributed by atoms with Gasteiger partial charge in [0, 0.05) is 25.0 Å². The molecule has 114 valence electrons. The summed E-state index contributed by atoms with van der Waals surface area (Å²) in [4.78, 5) is 11.1. The predicted molar refractivity (Wildman–Crippen MR) is 75.2 cm³/mol. The van der Waals surface area contributed by atoms with Gasteiger partial charge in [0.05, 0.1) is 11.4 Å². The van der Waals surface area contributed by atoms with Gasteiger partial charge in [0.25, 0.3) is 0 Å². The van der Waals surface area contributed by atoms with Crippen LogP contribution >= 0.6 is 0 Å². The summed E-state index contributed by atoms with van der Waals surface area (Å²) in [5.74, 6) is -0.561. The summed E-state index contributed by atoms with van der Waals surface area (Å²) in [5, 5.41) is 30.1. The van der Waals surface area contributed by atoms with E-state index in [0.717, 1.165) is 0 Å². The van der Waals surface area contributed by atoms with Gasteiger partial charge in [-0.1, -0.05) is 13.8 Å². The smallest absolute Gasteiger partial charge is 0.302 e. The minimum Gasteiger partial charge on any atom is -0.512 e. The number of rotatable bonds is 2. The lowest BCUT2D eigenvalue weighted by atomic mass is 9.64. The van der Waals surface area contributed by atoms with Crippen molar-refractivity contribution < 1.29 is 24.9 Å². The van der Waals surface area contributed by atoms with Gasteiger partial charge in [-0.05, 0) is 25.7 Å². The Labute approximate surface area is 119 Å². The number of carbonyl (C=O) groups excluding carboxylic acids is 1. The Morgan fingerprint density at radius 3 is 2.20 bits per heavy atom. The zero-order valence-electron chi connectivity index (χ0n) is 12.7. The van der Waals surface area contributed by atoms with Crippen LogP contribution in [0.4, 0.5) is 0 Å². The topological polar surface area (TPSA) is 87.0 Å². The highest BCUT2D eigenvalue weighted by atomic mass is 16.5. The van der Waals surface area contributed by atoms with Gasteiger partial charge in [-0.3, -0.25) is 4.79 Å². The number of allylic oxidation sites excluding steroid dienone is 2. The first kappa shape index (κ1) is 16.6. The second-order valence-electron chi connectivity index (χ2n) is 6.34. The van der Waals surface area contributed by atoms with Crippen LogP contribution in [0.15, 0.2) is 23.2 Å². The van der Waals surface area contributed by atoms with Crippen LogP contribution in [0, 0.1) is 5.41 Å². The largest absolute Gasteiger partial charge is 0.512 e. The molecular weight excluding hydrogens is 260 g/mol. The van der Waals surface area contributed by atoms with Gasteiger partial charge in [0.2, 0.25) is 0 Å². The zero-order valence-corrected chi connectivity index (χ0v) is 12.7. The van der Waals surface area contributed by atoms with Gasteiger partial charge in [-0.25, -0.2) is 0 Å². The van der Waals surface area contributed by atoms with Crippen molar-refractivity contribution in [2.75, 3.05) is 0 Å². The van der Waals surface area contributed by atoms with E-state index in [1.165, 1.54) is 19.9 Å². The Balaban J connectivity index is 3.22. The number of hydrogen-bond donors (Lipinski definition) is 3. The third-order valence-electron chi connectivity index (χ3n) is 3.51. The molecule has 5 nitrogen and oxygen atoms in total. The van der Waals surface area contributed by atoms with E-state index in [4.69, 9.17) is 4.74 Å². The number of carbonyl (C=O) groups is 1. The van der Waals surface area contributed by atoms with Crippen molar-refractivity contribution >= 4 is 5.97 Å². The van der Waals surface area contributed by atoms with E-state index in [2.05, 4.69) is 0 Å². The van der Waals surface area contributed by atoms with Gasteiger partial charge in [0.15, 0.2) is 0 Å². The summed E-state index contributed by atoms with van der Waals surface area (Å²) in [6.45, 7) is 8.09. The summed E-state index contributed by atoms with van der Waals surface area (Å²) < 4.78 is 5.20. The first-order valence-corrected chi connectivity index (χ1v) is 6.67. The van der Waals surface area contributed by atoms with E-state index in [1.54, 1.807) is 6.92 Å². The lowest BCUT2D eigenvalue weighted by molar-refractivity contribution is -0.152. The molecule has 0 aromatic carbocycles. The minimum absolute atomic E-state index is 0.0382. The van der Waals surface area contributed by atoms with Crippen LogP contribution in [0.5, 0.6) is 0 Å². The Morgan fingerprint density at radius 1 is 1.25 bits per heavy atom. The molecule has 0 spiro atoms. The second kappa shape index (κ2) is 5.48. The maximum atomic E-state index is 11.1. The number of esters is 1. The fourth-order valence-corrected chi connectivity index (χ4v) is 3.23. The summed E-state index contributed by atoms with van der Waals surface area (Å²) in [6, 6.07) is 0. The first-order valence-electron chi connectivity index (χ1n) is 6.67. The van der Waals surface area contributed by atoms with Crippen molar-refractivity contribution in [1.29, 1.82) is 0 Å². The molecule has 2 unspecified atom stereocenters. The SMILES string of the molecule is CC(=O)OC1CC(C)(C)/C(=C(O)\C=C(\C)O)C(C)(O)C1. The maximum Gasteiger partial charge on any atom is 0.302 e. The summed E-state index contributed by atoms with van der Waals surface area (Å²) in [6.07, 6.45) is 1.54. The number of aliphatic hydroxyl groups is 3. The molecule has 1 saturated carbocycles. The van der Waals surface area contributed by atoms with E-state index in [1.807, 2.05) is 13.8 Å². The van der Waals surface area contributed by atoms with Crippen LogP contribution in [-0.2, 0) is 9.53 Å². The quantitative estimate of drug-likeness (QED) is 0.536. The molecular formula is C15H24O5. The van der Waals surface area contributed by atoms with Gasteiger partial charge in [-0.15, -0.1) is 0 Å². The molecule has 0 radical (unpaired) electrons. The molecule has 0 aromatic heterocycles. The number of hydrogen-bond acceptors (Lipinski definition) is 5. The van der Waals surface area contributed by atoms with Gasteiger partial charge < -0.3 is 20.1 Å². The van der Waals surface area contributed by atoms with Gasteiger partial charge in [-0.2, -0.15) is 0 Å². The summed E-state index contributed by atoms with van der Waals surface area (Å²) in [5.41, 5.74) is -1.42. The number of aliphatic hydroxyl groups excluding tert-OH is 2. The fourth-order valence-electron chi connectivity index (χ4n) is 3.23. The van der Waals surface area contributed by atoms with E-state index in [-0.39, 0.29) is 23.9 Å². The third-order valence-corrected chi connectivity index (χ3v) is 3.51. The molecule has 1 aliphatic rings. The molecule has 0 bridgehead atoms. The zero-order chi connectivity index (χ0) is 15.7. The number of ether oxygens (including phenoxy) is 1. The molecule has 0 heterocycles. The Hall–Kier alpha value is -1.49. The molecule has 1 aliphatic carbocycles. The molecule has 0 aromatic rings. The van der Waals surface area contributed by atoms with Crippen molar-refractivity contribution in [3.63, 3.8) is 0 Å². The standard InChI is InChI=1S/C15H24O5/c1-9(16)6-12(18)13-14(3,4)7-11(20-10(2)17)8-15(13,5)19/h6,11,16,18-19H,7-8H2,1-5H3/b9-6-,13-12-. The van der Waals surface area contributed by atoms with E-state index in [0.29, 0.717) is 12.0 Å². The first-order chi connectivity index (χ1) is 8.95. The van der Waals surface area contributed by atoms with E-state index < -0.39 is 17.1 Å². The van der Waals surface area contributed by atoms with Crippen molar-refractivity contribution in [1.82, 2.24) is 0 Å². The van der Waals surface area contributed by atoms with Crippen LogP contribution in [-0.4, -0.2) is 33.0 Å². The molecule has 20 heavy (non-hydrogen) atoms. The minimum atomic E-state index is -1.31. The molecule has 1 rings (SSSR count). The van der Waals surface area contributed by atoms with Gasteiger partial charge in [0.1, 0.15) is 11.9 Å². The lowest BCUT2D eigenvalue weighted by Crippen LogP contribution is -2.47.